The molecule has 0 N–H and O–H groups in total. The molecule has 23 heavy (non-hydrogen) atoms. The summed E-state index contributed by atoms with van der Waals surface area (Å²) in [7, 11) is 0. The van der Waals surface area contributed by atoms with E-state index in [1.165, 1.54) is 36.8 Å². The van der Waals surface area contributed by atoms with Crippen LogP contribution >= 0.6 is 0 Å². The van der Waals surface area contributed by atoms with Crippen molar-refractivity contribution in [3.05, 3.63) is 35.4 Å². The molecule has 0 bridgehead atoms. The zero-order valence-corrected chi connectivity index (χ0v) is 14.8. The highest BCUT2D eigenvalue weighted by molar-refractivity contribution is 5.40. The zero-order chi connectivity index (χ0) is 16.5. The van der Waals surface area contributed by atoms with Gasteiger partial charge < -0.3 is 0 Å². The summed E-state index contributed by atoms with van der Waals surface area (Å²) in [4.78, 5) is 14.8. The SMILES string of the molecule is CC(C)(C)C1CCC(c2ccc(C3(N=C=O)CCC3)cc2)CC1. The Kier molecular flexibility index (Phi) is 4.47. The molecule has 2 nitrogen and oxygen atoms in total. The molecular weight excluding hydrogens is 282 g/mol. The maximum absolute atomic E-state index is 10.7. The molecule has 2 aliphatic rings. The Balaban J connectivity index is 1.68. The molecular formula is C21H29NO. The maximum Gasteiger partial charge on any atom is 0.235 e. The van der Waals surface area contributed by atoms with Gasteiger partial charge in [-0.1, -0.05) is 45.0 Å². The van der Waals surface area contributed by atoms with E-state index in [1.54, 1.807) is 6.08 Å². The Labute approximate surface area is 140 Å². The molecule has 3 rings (SSSR count). The normalized spacial score (nSPS) is 26.9. The Morgan fingerprint density at radius 1 is 1.04 bits per heavy atom. The first-order chi connectivity index (χ1) is 10.9. The van der Waals surface area contributed by atoms with Crippen LogP contribution in [0.4, 0.5) is 0 Å². The third-order valence-electron chi connectivity index (χ3n) is 6.31. The highest BCUT2D eigenvalue weighted by Gasteiger charge is 2.39. The van der Waals surface area contributed by atoms with E-state index < -0.39 is 0 Å². The van der Waals surface area contributed by atoms with Crippen LogP contribution in [0.25, 0.3) is 0 Å². The van der Waals surface area contributed by atoms with Gasteiger partial charge in [0, 0.05) is 0 Å². The summed E-state index contributed by atoms with van der Waals surface area (Å²) in [5, 5.41) is 0. The van der Waals surface area contributed by atoms with Gasteiger partial charge in [-0.25, -0.2) is 4.79 Å². The Hall–Kier alpha value is -1.40. The van der Waals surface area contributed by atoms with E-state index in [4.69, 9.17) is 0 Å². The molecule has 1 aromatic carbocycles. The van der Waals surface area contributed by atoms with E-state index in [-0.39, 0.29) is 5.54 Å². The standard InChI is InChI=1S/C21H29NO/c1-20(2,3)18-9-5-16(6-10-18)17-7-11-19(12-8-17)21(22-15-23)13-4-14-21/h7-8,11-12,16,18H,4-6,9-10,13-14H2,1-3H3. The van der Waals surface area contributed by atoms with Crippen molar-refractivity contribution in [2.75, 3.05) is 0 Å². The van der Waals surface area contributed by atoms with Crippen LogP contribution in [0.2, 0.25) is 0 Å². The number of benzene rings is 1. The molecule has 2 heteroatoms. The van der Waals surface area contributed by atoms with Crippen molar-refractivity contribution in [2.45, 2.75) is 77.2 Å². The predicted octanol–water partition coefficient (Wildman–Crippen LogP) is 5.72. The van der Waals surface area contributed by atoms with Crippen LogP contribution in [0.1, 0.15) is 82.8 Å². The first-order valence-corrected chi connectivity index (χ1v) is 9.14. The molecule has 0 saturated heterocycles. The number of nitrogens with zero attached hydrogens (tertiary/aromatic N) is 1. The monoisotopic (exact) mass is 311 g/mol. The Bertz CT molecular complexity index is 577. The Morgan fingerprint density at radius 3 is 2.09 bits per heavy atom. The van der Waals surface area contributed by atoms with E-state index >= 15 is 0 Å². The number of hydrogen-bond donors (Lipinski definition) is 0. The molecule has 0 aromatic heterocycles. The fraction of sp³-hybridized carbons (Fsp3) is 0.667. The molecule has 124 valence electrons. The minimum atomic E-state index is -0.260. The molecule has 0 amide bonds. The second kappa shape index (κ2) is 6.24. The van der Waals surface area contributed by atoms with E-state index in [9.17, 15) is 4.79 Å². The van der Waals surface area contributed by atoms with Gasteiger partial charge in [-0.05, 0) is 73.3 Å². The fourth-order valence-corrected chi connectivity index (χ4v) is 4.42. The van der Waals surface area contributed by atoms with Crippen LogP contribution in [-0.2, 0) is 10.3 Å². The minimum Gasteiger partial charge on any atom is -0.211 e. The lowest BCUT2D eigenvalue weighted by Gasteiger charge is -2.38. The molecule has 0 spiro atoms. The van der Waals surface area contributed by atoms with Gasteiger partial charge in [0.05, 0.1) is 5.54 Å². The summed E-state index contributed by atoms with van der Waals surface area (Å²) < 4.78 is 0. The largest absolute Gasteiger partial charge is 0.235 e. The van der Waals surface area contributed by atoms with Crippen LogP contribution in [0.15, 0.2) is 29.3 Å². The fourth-order valence-electron chi connectivity index (χ4n) is 4.42. The van der Waals surface area contributed by atoms with Gasteiger partial charge in [0.15, 0.2) is 0 Å². The summed E-state index contributed by atoms with van der Waals surface area (Å²) in [6.45, 7) is 7.12. The highest BCUT2D eigenvalue weighted by atomic mass is 16.1. The zero-order valence-electron chi connectivity index (χ0n) is 14.8. The maximum atomic E-state index is 10.7. The molecule has 0 heterocycles. The molecule has 2 aliphatic carbocycles. The van der Waals surface area contributed by atoms with E-state index in [0.717, 1.165) is 25.2 Å². The summed E-state index contributed by atoms with van der Waals surface area (Å²) in [6, 6.07) is 8.95. The van der Waals surface area contributed by atoms with Crippen molar-refractivity contribution >= 4 is 6.08 Å². The minimum absolute atomic E-state index is 0.260. The second-order valence-electron chi connectivity index (χ2n) is 8.62. The van der Waals surface area contributed by atoms with Gasteiger partial charge in [-0.15, -0.1) is 0 Å². The van der Waals surface area contributed by atoms with Gasteiger partial charge in [-0.2, -0.15) is 4.99 Å². The molecule has 0 atom stereocenters. The van der Waals surface area contributed by atoms with Gasteiger partial charge in [0.1, 0.15) is 0 Å². The van der Waals surface area contributed by atoms with Crippen molar-refractivity contribution in [2.24, 2.45) is 16.3 Å². The number of aliphatic imine (C=N–C) groups is 1. The van der Waals surface area contributed by atoms with E-state index in [0.29, 0.717) is 11.3 Å². The van der Waals surface area contributed by atoms with Crippen LogP contribution in [0, 0.1) is 11.3 Å². The van der Waals surface area contributed by atoms with Crippen LogP contribution < -0.4 is 0 Å². The van der Waals surface area contributed by atoms with E-state index in [2.05, 4.69) is 50.0 Å². The molecule has 1 aromatic rings. The average Bonchev–Trinajstić information content (AvgIpc) is 2.50. The predicted molar refractivity (Wildman–Crippen MR) is 94.2 cm³/mol. The van der Waals surface area contributed by atoms with Gasteiger partial charge in [0.2, 0.25) is 6.08 Å². The second-order valence-corrected chi connectivity index (χ2v) is 8.62. The van der Waals surface area contributed by atoms with Crippen molar-refractivity contribution in [3.63, 3.8) is 0 Å². The molecule has 2 saturated carbocycles. The van der Waals surface area contributed by atoms with Gasteiger partial charge in [0.25, 0.3) is 0 Å². The van der Waals surface area contributed by atoms with E-state index in [1.807, 2.05) is 0 Å². The van der Waals surface area contributed by atoms with Crippen LogP contribution in [0.5, 0.6) is 0 Å². The van der Waals surface area contributed by atoms with Crippen LogP contribution in [0.3, 0.4) is 0 Å². The summed E-state index contributed by atoms with van der Waals surface area (Å²) >= 11 is 0. The lowest BCUT2D eigenvalue weighted by molar-refractivity contribution is 0.169. The van der Waals surface area contributed by atoms with Crippen molar-refractivity contribution < 1.29 is 4.79 Å². The smallest absolute Gasteiger partial charge is 0.211 e. The number of isocyanates is 1. The average molecular weight is 311 g/mol. The third-order valence-corrected chi connectivity index (χ3v) is 6.31. The summed E-state index contributed by atoms with van der Waals surface area (Å²) in [5.74, 6) is 1.56. The van der Waals surface area contributed by atoms with Gasteiger partial charge >= 0.3 is 0 Å². The molecule has 0 radical (unpaired) electrons. The van der Waals surface area contributed by atoms with Crippen LogP contribution in [-0.4, -0.2) is 6.08 Å². The Morgan fingerprint density at radius 2 is 1.65 bits per heavy atom. The first kappa shape index (κ1) is 16.5. The number of carbonyl (C=O) groups excluding carboxylic acids is 1. The molecule has 0 aliphatic heterocycles. The molecule has 2 fully saturated rings. The lowest BCUT2D eigenvalue weighted by Crippen LogP contribution is -2.31. The first-order valence-electron chi connectivity index (χ1n) is 9.14. The highest BCUT2D eigenvalue weighted by Crippen LogP contribution is 2.46. The summed E-state index contributed by atoms with van der Waals surface area (Å²) in [5.41, 5.74) is 2.84. The van der Waals surface area contributed by atoms with Crippen molar-refractivity contribution in [1.29, 1.82) is 0 Å². The lowest BCUT2D eigenvalue weighted by atomic mass is 9.68. The topological polar surface area (TPSA) is 29.4 Å². The number of rotatable bonds is 3. The summed E-state index contributed by atoms with van der Waals surface area (Å²) in [6.07, 6.45) is 10.2. The van der Waals surface area contributed by atoms with Crippen molar-refractivity contribution in [3.8, 4) is 0 Å². The van der Waals surface area contributed by atoms with Gasteiger partial charge in [-0.3, -0.25) is 0 Å². The van der Waals surface area contributed by atoms with Crippen molar-refractivity contribution in [1.82, 2.24) is 0 Å². The third kappa shape index (κ3) is 3.28. The quantitative estimate of drug-likeness (QED) is 0.518. The number of hydrogen-bond acceptors (Lipinski definition) is 2. The molecule has 0 unspecified atom stereocenters.